The maximum absolute atomic E-state index is 10.8. The van der Waals surface area contributed by atoms with Crippen LogP contribution in [-0.4, -0.2) is 10.5 Å². The molecule has 60 valence electrons. The predicted octanol–water partition coefficient (Wildman–Crippen LogP) is 0.443. The average Bonchev–Trinajstić information content (AvgIpc) is 2.37. The summed E-state index contributed by atoms with van der Waals surface area (Å²) in [5.41, 5.74) is 5.05. The van der Waals surface area contributed by atoms with Crippen molar-refractivity contribution in [2.24, 2.45) is 5.73 Å². The first-order chi connectivity index (χ1) is 5.05. The molecule has 2 N–H and O–H groups in total. The van der Waals surface area contributed by atoms with E-state index in [2.05, 4.69) is 25.3 Å². The maximum Gasteiger partial charge on any atom is 0.264 e. The van der Waals surface area contributed by atoms with Gasteiger partial charge in [0.1, 0.15) is 0 Å². The molecule has 0 unspecified atom stereocenters. The van der Waals surface area contributed by atoms with E-state index in [-0.39, 0.29) is 0 Å². The summed E-state index contributed by atoms with van der Waals surface area (Å²) in [7, 11) is 0. The molecule has 0 bridgehead atoms. The van der Waals surface area contributed by atoms with Gasteiger partial charge in [0.25, 0.3) is 5.91 Å². The highest BCUT2D eigenvalue weighted by Crippen LogP contribution is 2.25. The molecule has 0 saturated heterocycles. The summed E-state index contributed by atoms with van der Waals surface area (Å²) in [5, 5.41) is 0. The third-order valence-electron chi connectivity index (χ3n) is 1.30. The van der Waals surface area contributed by atoms with Gasteiger partial charge in [-0.3, -0.25) is 4.79 Å². The van der Waals surface area contributed by atoms with E-state index in [0.717, 1.165) is 0 Å². The molecule has 1 aromatic rings. The monoisotopic (exact) mass is 188 g/mol. The fourth-order valence-corrected chi connectivity index (χ4v) is 0.936. The Labute approximate surface area is 75.4 Å². The highest BCUT2D eigenvalue weighted by atomic mass is 32.2. The van der Waals surface area contributed by atoms with Crippen LogP contribution in [0, 0.1) is 0 Å². The highest BCUT2D eigenvalue weighted by molar-refractivity contribution is 8.00. The molecule has 1 heterocycles. The van der Waals surface area contributed by atoms with Crippen LogP contribution in [0.5, 0.6) is 0 Å². The maximum atomic E-state index is 10.8. The number of primary amides is 1. The van der Waals surface area contributed by atoms with Gasteiger partial charge >= 0.3 is 0 Å². The lowest BCUT2D eigenvalue weighted by Gasteiger charge is -2.19. The minimum Gasteiger partial charge on any atom is -0.366 e. The van der Waals surface area contributed by atoms with Gasteiger partial charge in [-0.1, -0.05) is 0 Å². The number of carbonyl (C=O) groups is 1. The highest BCUT2D eigenvalue weighted by Gasteiger charge is 2.28. The topological polar surface area (TPSA) is 48.0 Å². The van der Waals surface area contributed by atoms with Crippen molar-refractivity contribution >= 4 is 31.2 Å². The van der Waals surface area contributed by atoms with E-state index in [1.54, 1.807) is 24.5 Å². The fraction of sp³-hybridized carbons (Fsp3) is 0.167. The van der Waals surface area contributed by atoms with Crippen LogP contribution < -0.4 is 5.73 Å². The number of nitrogens with two attached hydrogens (primary N) is 1. The third kappa shape index (κ3) is 1.54. The molecule has 3 nitrogen and oxygen atoms in total. The minimum absolute atomic E-state index is 0.597. The summed E-state index contributed by atoms with van der Waals surface area (Å²) in [6, 6.07) is 3.54. The van der Waals surface area contributed by atoms with E-state index in [1.165, 1.54) is 4.57 Å². The molecular weight excluding hydrogens is 180 g/mol. The van der Waals surface area contributed by atoms with E-state index < -0.39 is 10.1 Å². The standard InChI is InChI=1S/C6H8N2OS2/c7-5(9)6(10,11)8-3-1-2-4-8/h1-4,10-11H,(H2,7,9). The van der Waals surface area contributed by atoms with Gasteiger partial charge in [0.2, 0.25) is 4.20 Å². The van der Waals surface area contributed by atoms with Crippen LogP contribution in [0.4, 0.5) is 0 Å². The number of amides is 1. The Morgan fingerprint density at radius 1 is 1.36 bits per heavy atom. The molecule has 11 heavy (non-hydrogen) atoms. The largest absolute Gasteiger partial charge is 0.366 e. The van der Waals surface area contributed by atoms with E-state index in [0.29, 0.717) is 0 Å². The van der Waals surface area contributed by atoms with Gasteiger partial charge in [-0.05, 0) is 12.1 Å². The SMILES string of the molecule is NC(=O)C(S)(S)n1cccc1. The van der Waals surface area contributed by atoms with Crippen LogP contribution in [-0.2, 0) is 9.00 Å². The third-order valence-corrected chi connectivity index (χ3v) is 2.20. The Morgan fingerprint density at radius 2 is 1.82 bits per heavy atom. The van der Waals surface area contributed by atoms with Crippen LogP contribution in [0.3, 0.4) is 0 Å². The van der Waals surface area contributed by atoms with Gasteiger partial charge in [0.05, 0.1) is 0 Å². The number of thiol groups is 2. The Balaban J connectivity index is 3.00. The van der Waals surface area contributed by atoms with Crippen LogP contribution in [0.25, 0.3) is 0 Å². The Bertz CT molecular complexity index is 256. The lowest BCUT2D eigenvalue weighted by atomic mass is 10.6. The summed E-state index contributed by atoms with van der Waals surface area (Å²) in [6.45, 7) is 0. The molecule has 1 rings (SSSR count). The minimum atomic E-state index is -1.23. The van der Waals surface area contributed by atoms with Crippen molar-refractivity contribution in [2.45, 2.75) is 4.20 Å². The Hall–Kier alpha value is -0.550. The lowest BCUT2D eigenvalue weighted by Crippen LogP contribution is -2.35. The van der Waals surface area contributed by atoms with Crippen molar-refractivity contribution in [1.29, 1.82) is 0 Å². The van der Waals surface area contributed by atoms with Gasteiger partial charge in [0, 0.05) is 12.4 Å². The summed E-state index contributed by atoms with van der Waals surface area (Å²) in [6.07, 6.45) is 3.34. The van der Waals surface area contributed by atoms with Gasteiger partial charge in [-0.15, -0.1) is 25.3 Å². The van der Waals surface area contributed by atoms with Gasteiger partial charge in [-0.25, -0.2) is 0 Å². The molecule has 5 heteroatoms. The number of hydrogen-bond acceptors (Lipinski definition) is 3. The summed E-state index contributed by atoms with van der Waals surface area (Å²) < 4.78 is 0.283. The molecule has 0 spiro atoms. The van der Waals surface area contributed by atoms with Crippen molar-refractivity contribution in [3.05, 3.63) is 24.5 Å². The van der Waals surface area contributed by atoms with Crippen LogP contribution in [0.15, 0.2) is 24.5 Å². The van der Waals surface area contributed by atoms with Gasteiger partial charge in [-0.2, -0.15) is 0 Å². The summed E-state index contributed by atoms with van der Waals surface area (Å²) in [5.74, 6) is -0.597. The molecule has 0 atom stereocenters. The normalized spacial score (nSPS) is 11.5. The van der Waals surface area contributed by atoms with Crippen molar-refractivity contribution in [3.63, 3.8) is 0 Å². The van der Waals surface area contributed by atoms with Gasteiger partial charge in [0.15, 0.2) is 0 Å². The van der Waals surface area contributed by atoms with Crippen LogP contribution in [0.2, 0.25) is 0 Å². The lowest BCUT2D eigenvalue weighted by molar-refractivity contribution is -0.119. The number of carbonyl (C=O) groups excluding carboxylic acids is 1. The number of nitrogens with zero attached hydrogens (tertiary/aromatic N) is 1. The van der Waals surface area contributed by atoms with E-state index in [9.17, 15) is 4.79 Å². The number of aromatic nitrogens is 1. The zero-order valence-electron chi connectivity index (χ0n) is 5.64. The molecule has 0 fully saturated rings. The summed E-state index contributed by atoms with van der Waals surface area (Å²) in [4.78, 5) is 10.8. The molecule has 0 aliphatic heterocycles. The fourth-order valence-electron chi connectivity index (χ4n) is 0.670. The van der Waals surface area contributed by atoms with E-state index in [1.807, 2.05) is 0 Å². The van der Waals surface area contributed by atoms with Crippen molar-refractivity contribution in [1.82, 2.24) is 4.57 Å². The first-order valence-corrected chi connectivity index (χ1v) is 3.82. The first kappa shape index (κ1) is 8.55. The second-order valence-corrected chi connectivity index (χ2v) is 3.74. The van der Waals surface area contributed by atoms with Crippen LogP contribution >= 0.6 is 25.3 Å². The number of hydrogen-bond donors (Lipinski definition) is 3. The molecule has 1 aromatic heterocycles. The van der Waals surface area contributed by atoms with Crippen molar-refractivity contribution in [2.75, 3.05) is 0 Å². The second kappa shape index (κ2) is 2.83. The number of rotatable bonds is 2. The molecule has 0 saturated carbocycles. The van der Waals surface area contributed by atoms with Gasteiger partial charge < -0.3 is 10.3 Å². The van der Waals surface area contributed by atoms with Crippen molar-refractivity contribution < 1.29 is 4.79 Å². The molecule has 0 aliphatic carbocycles. The second-order valence-electron chi connectivity index (χ2n) is 2.09. The van der Waals surface area contributed by atoms with E-state index in [4.69, 9.17) is 5.73 Å². The molecule has 0 radical (unpaired) electrons. The van der Waals surface area contributed by atoms with Crippen molar-refractivity contribution in [3.8, 4) is 0 Å². The zero-order valence-corrected chi connectivity index (χ0v) is 7.43. The quantitative estimate of drug-likeness (QED) is 0.458. The van der Waals surface area contributed by atoms with E-state index >= 15 is 0 Å². The first-order valence-electron chi connectivity index (χ1n) is 2.93. The smallest absolute Gasteiger partial charge is 0.264 e. The molecule has 1 amide bonds. The predicted molar refractivity (Wildman–Crippen MR) is 49.6 cm³/mol. The molecule has 0 aliphatic rings. The molecular formula is C6H8N2OS2. The zero-order chi connectivity index (χ0) is 8.48. The molecule has 0 aromatic carbocycles. The Morgan fingerprint density at radius 3 is 2.18 bits per heavy atom. The Kier molecular flexibility index (Phi) is 2.20. The van der Waals surface area contributed by atoms with Crippen LogP contribution in [0.1, 0.15) is 0 Å². The summed E-state index contributed by atoms with van der Waals surface area (Å²) >= 11 is 7.98. The average molecular weight is 188 g/mol.